The van der Waals surface area contributed by atoms with Crippen molar-refractivity contribution >= 4 is 46.8 Å². The van der Waals surface area contributed by atoms with E-state index in [2.05, 4.69) is 0 Å². The molecule has 0 radical (unpaired) electrons. The van der Waals surface area contributed by atoms with Crippen molar-refractivity contribution in [3.8, 4) is 22.7 Å². The number of hydrogen-bond donors (Lipinski definition) is 1. The first-order valence-electron chi connectivity index (χ1n) is 6.01. The average molecular weight is 354 g/mol. The number of hydrogen-bond acceptors (Lipinski definition) is 3. The number of halogens is 2. The molecule has 2 aromatic carbocycles. The molecule has 21 heavy (non-hydrogen) atoms. The minimum Gasteiger partial charge on any atom is -0.508 e. The van der Waals surface area contributed by atoms with E-state index < -0.39 is 0 Å². The van der Waals surface area contributed by atoms with Crippen molar-refractivity contribution in [2.45, 2.75) is 0 Å². The Hall–Kier alpha value is -1.33. The maximum absolute atomic E-state index is 9.41. The molecule has 0 aliphatic rings. The van der Waals surface area contributed by atoms with Gasteiger partial charge in [-0.2, -0.15) is 0 Å². The molecular formula is C15H9Cl2NOS2. The van der Waals surface area contributed by atoms with Gasteiger partial charge in [-0.3, -0.25) is 4.57 Å². The summed E-state index contributed by atoms with van der Waals surface area (Å²) in [6.45, 7) is 0. The molecule has 6 heteroatoms. The Morgan fingerprint density at radius 1 is 1.00 bits per heavy atom. The monoisotopic (exact) mass is 353 g/mol. The Bertz CT molecular complexity index is 853. The van der Waals surface area contributed by atoms with Gasteiger partial charge in [0.05, 0.1) is 15.7 Å². The number of benzene rings is 2. The Morgan fingerprint density at radius 3 is 2.38 bits per heavy atom. The van der Waals surface area contributed by atoms with E-state index in [0.717, 1.165) is 20.9 Å². The predicted octanol–water partition coefficient (Wildman–Crippen LogP) is 5.95. The van der Waals surface area contributed by atoms with E-state index in [0.29, 0.717) is 10.0 Å². The van der Waals surface area contributed by atoms with Gasteiger partial charge in [0.25, 0.3) is 0 Å². The lowest BCUT2D eigenvalue weighted by Crippen LogP contribution is -1.96. The summed E-state index contributed by atoms with van der Waals surface area (Å²) in [7, 11) is 0. The number of rotatable bonds is 2. The molecular weight excluding hydrogens is 345 g/mol. The van der Waals surface area contributed by atoms with E-state index in [1.54, 1.807) is 24.3 Å². The summed E-state index contributed by atoms with van der Waals surface area (Å²) in [5.41, 5.74) is 2.77. The Morgan fingerprint density at radius 2 is 1.71 bits per heavy atom. The average Bonchev–Trinajstić information content (AvgIpc) is 2.85. The summed E-state index contributed by atoms with van der Waals surface area (Å²) in [5, 5.41) is 12.4. The molecule has 3 aromatic rings. The molecule has 1 N–H and O–H groups in total. The first kappa shape index (κ1) is 14.6. The highest BCUT2D eigenvalue weighted by atomic mass is 35.5. The zero-order chi connectivity index (χ0) is 15.0. The molecule has 3 rings (SSSR count). The third-order valence-electron chi connectivity index (χ3n) is 3.02. The Kier molecular flexibility index (Phi) is 4.04. The highest BCUT2D eigenvalue weighted by Gasteiger charge is 2.10. The fourth-order valence-corrected chi connectivity index (χ4v) is 3.41. The summed E-state index contributed by atoms with van der Waals surface area (Å²) in [6.07, 6.45) is 0. The second-order valence-corrected chi connectivity index (χ2v) is 6.69. The normalized spacial score (nSPS) is 10.8. The molecule has 1 aromatic heterocycles. The number of aromatic hydroxyl groups is 1. The zero-order valence-corrected chi connectivity index (χ0v) is 13.7. The standard InChI is InChI=1S/C15H9Cl2NOS2/c16-12-6-3-10(7-13(12)17)18-14(8-21-15(18)20)9-1-4-11(19)5-2-9/h1-8,19H. The van der Waals surface area contributed by atoms with Crippen molar-refractivity contribution in [3.63, 3.8) is 0 Å². The van der Waals surface area contributed by atoms with Crippen LogP contribution >= 0.6 is 46.8 Å². The van der Waals surface area contributed by atoms with E-state index >= 15 is 0 Å². The lowest BCUT2D eigenvalue weighted by molar-refractivity contribution is 0.475. The van der Waals surface area contributed by atoms with Gasteiger partial charge in [0.15, 0.2) is 3.95 Å². The van der Waals surface area contributed by atoms with Crippen molar-refractivity contribution in [1.29, 1.82) is 0 Å². The van der Waals surface area contributed by atoms with E-state index in [1.165, 1.54) is 11.3 Å². The van der Waals surface area contributed by atoms with Crippen LogP contribution in [0.4, 0.5) is 0 Å². The molecule has 0 aliphatic heterocycles. The topological polar surface area (TPSA) is 25.2 Å². The van der Waals surface area contributed by atoms with Gasteiger partial charge >= 0.3 is 0 Å². The van der Waals surface area contributed by atoms with Crippen molar-refractivity contribution in [3.05, 3.63) is 61.8 Å². The molecule has 0 saturated carbocycles. The van der Waals surface area contributed by atoms with Gasteiger partial charge in [-0.05, 0) is 60.2 Å². The van der Waals surface area contributed by atoms with Crippen LogP contribution in [-0.2, 0) is 0 Å². The van der Waals surface area contributed by atoms with Gasteiger partial charge < -0.3 is 5.11 Å². The summed E-state index contributed by atoms with van der Waals surface area (Å²) in [5.74, 6) is 0.230. The van der Waals surface area contributed by atoms with E-state index in [9.17, 15) is 5.11 Å². The largest absolute Gasteiger partial charge is 0.508 e. The summed E-state index contributed by atoms with van der Waals surface area (Å²) in [4.78, 5) is 0. The predicted molar refractivity (Wildman–Crippen MR) is 91.6 cm³/mol. The second-order valence-electron chi connectivity index (χ2n) is 4.37. The fourth-order valence-electron chi connectivity index (χ4n) is 2.01. The number of nitrogens with zero attached hydrogens (tertiary/aromatic N) is 1. The first-order chi connectivity index (χ1) is 10.1. The van der Waals surface area contributed by atoms with Crippen molar-refractivity contribution in [2.75, 3.05) is 0 Å². The molecule has 0 bridgehead atoms. The van der Waals surface area contributed by atoms with Gasteiger partial charge in [-0.25, -0.2) is 0 Å². The highest BCUT2D eigenvalue weighted by molar-refractivity contribution is 7.73. The van der Waals surface area contributed by atoms with Crippen LogP contribution in [0.1, 0.15) is 0 Å². The van der Waals surface area contributed by atoms with Crippen LogP contribution in [0.5, 0.6) is 5.75 Å². The van der Waals surface area contributed by atoms with E-state index in [1.807, 2.05) is 28.1 Å². The smallest absolute Gasteiger partial charge is 0.166 e. The first-order valence-corrected chi connectivity index (χ1v) is 8.06. The molecule has 2 nitrogen and oxygen atoms in total. The minimum atomic E-state index is 0.230. The van der Waals surface area contributed by atoms with Crippen molar-refractivity contribution in [2.24, 2.45) is 0 Å². The van der Waals surface area contributed by atoms with Gasteiger partial charge in [0.1, 0.15) is 5.75 Å². The Labute approximate surface area is 140 Å². The maximum Gasteiger partial charge on any atom is 0.166 e. The lowest BCUT2D eigenvalue weighted by Gasteiger charge is -2.10. The second kappa shape index (κ2) is 5.81. The SMILES string of the molecule is Oc1ccc(-c2csc(=S)n2-c2ccc(Cl)c(Cl)c2)cc1. The van der Waals surface area contributed by atoms with Gasteiger partial charge in [-0.1, -0.05) is 23.2 Å². The van der Waals surface area contributed by atoms with Crippen LogP contribution in [0.25, 0.3) is 16.9 Å². The Balaban J connectivity index is 2.19. The van der Waals surface area contributed by atoms with Gasteiger partial charge in [-0.15, -0.1) is 11.3 Å². The fraction of sp³-hybridized carbons (Fsp3) is 0. The van der Waals surface area contributed by atoms with Crippen LogP contribution in [0.3, 0.4) is 0 Å². The van der Waals surface area contributed by atoms with Crippen LogP contribution in [0.2, 0.25) is 10.0 Å². The molecule has 0 fully saturated rings. The third kappa shape index (κ3) is 2.85. The quantitative estimate of drug-likeness (QED) is 0.576. The van der Waals surface area contributed by atoms with Crippen LogP contribution in [0.15, 0.2) is 47.8 Å². The van der Waals surface area contributed by atoms with Crippen molar-refractivity contribution < 1.29 is 5.11 Å². The maximum atomic E-state index is 9.41. The van der Waals surface area contributed by atoms with Gasteiger partial charge in [0, 0.05) is 11.1 Å². The molecule has 0 spiro atoms. The molecule has 0 aliphatic carbocycles. The third-order valence-corrected chi connectivity index (χ3v) is 4.95. The van der Waals surface area contributed by atoms with Crippen molar-refractivity contribution in [1.82, 2.24) is 4.57 Å². The zero-order valence-electron chi connectivity index (χ0n) is 10.6. The highest BCUT2D eigenvalue weighted by Crippen LogP contribution is 2.31. The number of thiazole rings is 1. The van der Waals surface area contributed by atoms with Crippen LogP contribution in [-0.4, -0.2) is 9.67 Å². The van der Waals surface area contributed by atoms with E-state index in [4.69, 9.17) is 35.4 Å². The number of phenolic OH excluding ortho intramolecular Hbond substituents is 1. The lowest BCUT2D eigenvalue weighted by atomic mass is 10.1. The molecule has 106 valence electrons. The minimum absolute atomic E-state index is 0.230. The molecule has 0 saturated heterocycles. The summed E-state index contributed by atoms with van der Waals surface area (Å²) >= 11 is 18.9. The molecule has 1 heterocycles. The van der Waals surface area contributed by atoms with Gasteiger partial charge in [0.2, 0.25) is 0 Å². The number of aromatic nitrogens is 1. The summed E-state index contributed by atoms with van der Waals surface area (Å²) < 4.78 is 2.66. The summed E-state index contributed by atoms with van der Waals surface area (Å²) in [6, 6.07) is 12.4. The van der Waals surface area contributed by atoms with Crippen LogP contribution < -0.4 is 0 Å². The van der Waals surface area contributed by atoms with Crippen LogP contribution in [0, 0.1) is 3.95 Å². The molecule has 0 amide bonds. The molecule has 0 atom stereocenters. The molecule has 0 unspecified atom stereocenters. The van der Waals surface area contributed by atoms with E-state index in [-0.39, 0.29) is 5.75 Å². The number of phenols is 1.